The summed E-state index contributed by atoms with van der Waals surface area (Å²) in [5.74, 6) is 0. The van der Waals surface area contributed by atoms with Gasteiger partial charge in [0.15, 0.2) is 0 Å². The Kier molecular flexibility index (Phi) is 7.28. The van der Waals surface area contributed by atoms with E-state index in [-0.39, 0.29) is 5.69 Å². The number of nitro benzene ring substituents is 2. The van der Waals surface area contributed by atoms with Crippen molar-refractivity contribution in [2.75, 3.05) is 18.6 Å². The third-order valence-corrected chi connectivity index (χ3v) is 3.12. The van der Waals surface area contributed by atoms with Gasteiger partial charge in [0, 0.05) is 6.07 Å². The zero-order valence-electron chi connectivity index (χ0n) is 12.6. The Morgan fingerprint density at radius 2 is 1.80 bits per heavy atom. The summed E-state index contributed by atoms with van der Waals surface area (Å²) in [5, 5.41) is 71.6. The van der Waals surface area contributed by atoms with Crippen LogP contribution in [-0.2, 0) is 0 Å². The Labute approximate surface area is 139 Å². The van der Waals surface area contributed by atoms with E-state index < -0.39 is 58.5 Å². The van der Waals surface area contributed by atoms with Crippen molar-refractivity contribution in [3.05, 3.63) is 38.4 Å². The lowest BCUT2D eigenvalue weighted by Gasteiger charge is -2.22. The lowest BCUT2D eigenvalue weighted by Crippen LogP contribution is -2.45. The summed E-state index contributed by atoms with van der Waals surface area (Å²) in [6, 6.07) is 2.67. The van der Waals surface area contributed by atoms with Crippen molar-refractivity contribution < 1.29 is 35.4 Å². The first kappa shape index (κ1) is 20.3. The van der Waals surface area contributed by atoms with Crippen LogP contribution in [0.5, 0.6) is 0 Å². The van der Waals surface area contributed by atoms with E-state index in [1.54, 1.807) is 0 Å². The molecule has 3 atom stereocenters. The molecule has 13 nitrogen and oxygen atoms in total. The first-order valence-electron chi connectivity index (χ1n) is 6.74. The minimum atomic E-state index is -1.88. The van der Waals surface area contributed by atoms with E-state index in [1.165, 1.54) is 0 Å². The van der Waals surface area contributed by atoms with Crippen molar-refractivity contribution in [2.45, 2.75) is 18.3 Å². The smallest absolute Gasteiger partial charge is 0.301 e. The zero-order valence-corrected chi connectivity index (χ0v) is 12.6. The topological polar surface area (TPSA) is 212 Å². The van der Waals surface area contributed by atoms with Crippen LogP contribution >= 0.6 is 0 Å². The fourth-order valence-corrected chi connectivity index (χ4v) is 1.72. The molecule has 0 aliphatic heterocycles. The van der Waals surface area contributed by atoms with Gasteiger partial charge in [-0.05, 0) is 6.07 Å². The van der Waals surface area contributed by atoms with Gasteiger partial charge in [0.05, 0.1) is 34.8 Å². The molecule has 1 rings (SSSR count). The molecule has 6 N–H and O–H groups in total. The predicted octanol–water partition coefficient (Wildman–Crippen LogP) is -1.66. The summed E-state index contributed by atoms with van der Waals surface area (Å²) in [4.78, 5) is 19.9. The van der Waals surface area contributed by atoms with E-state index in [9.17, 15) is 35.5 Å². The maximum atomic E-state index is 11.0. The number of non-ortho nitro benzene ring substituents is 1. The second-order valence-corrected chi connectivity index (χ2v) is 4.77. The molecule has 0 aliphatic carbocycles. The van der Waals surface area contributed by atoms with Gasteiger partial charge in [-0.25, -0.2) is 0 Å². The minimum absolute atomic E-state index is 0.272. The number of nitrogens with one attached hydrogen (secondary N) is 1. The molecule has 0 aromatic heterocycles. The van der Waals surface area contributed by atoms with E-state index in [0.717, 1.165) is 12.1 Å². The fraction of sp³-hybridized carbons (Fsp3) is 0.417. The summed E-state index contributed by atoms with van der Waals surface area (Å²) in [5.41, 5.74) is 0.185. The van der Waals surface area contributed by atoms with Gasteiger partial charge in [0.2, 0.25) is 0 Å². The number of hydrazone groups is 1. The Morgan fingerprint density at radius 1 is 1.16 bits per heavy atom. The molecule has 0 saturated carbocycles. The highest BCUT2D eigenvalue weighted by Crippen LogP contribution is 2.28. The normalized spacial score (nSPS) is 15.3. The molecule has 0 bridgehead atoms. The van der Waals surface area contributed by atoms with Crippen LogP contribution in [0, 0.1) is 20.2 Å². The average Bonchev–Trinajstić information content (AvgIpc) is 2.60. The van der Waals surface area contributed by atoms with E-state index in [1.807, 2.05) is 0 Å². The van der Waals surface area contributed by atoms with Gasteiger partial charge in [0.1, 0.15) is 24.0 Å². The molecule has 0 unspecified atom stereocenters. The number of anilines is 1. The number of aliphatic hydroxyl groups is 5. The van der Waals surface area contributed by atoms with Gasteiger partial charge in [0.25, 0.3) is 5.69 Å². The monoisotopic (exact) mass is 360 g/mol. The van der Waals surface area contributed by atoms with E-state index in [4.69, 9.17) is 10.2 Å². The standard InChI is InChI=1S/C12H16N4O9/c17-4-8(11(20)12(21)10(19)5-18)14-13-7-2-1-6(15(22)23)3-9(7)16(24)25/h1-3,10-13,17-21H,4-5H2/b14-8+/t10-,11-,12-/m0/s1. The Bertz CT molecular complexity index is 666. The molecule has 1 aromatic carbocycles. The number of benzene rings is 1. The minimum Gasteiger partial charge on any atom is -0.394 e. The molecule has 25 heavy (non-hydrogen) atoms. The second kappa shape index (κ2) is 8.95. The molecular weight excluding hydrogens is 344 g/mol. The number of rotatable bonds is 9. The third kappa shape index (κ3) is 5.13. The summed E-state index contributed by atoms with van der Waals surface area (Å²) in [7, 11) is 0. The molecule has 138 valence electrons. The number of hydrogen-bond acceptors (Lipinski definition) is 11. The van der Waals surface area contributed by atoms with Crippen LogP contribution < -0.4 is 5.43 Å². The molecule has 1 aromatic rings. The van der Waals surface area contributed by atoms with Crippen molar-refractivity contribution in [3.63, 3.8) is 0 Å². The van der Waals surface area contributed by atoms with E-state index in [2.05, 4.69) is 10.5 Å². The van der Waals surface area contributed by atoms with Crippen LogP contribution in [0.1, 0.15) is 0 Å². The molecule has 0 saturated heterocycles. The second-order valence-electron chi connectivity index (χ2n) is 4.77. The lowest BCUT2D eigenvalue weighted by molar-refractivity contribution is -0.393. The maximum absolute atomic E-state index is 11.0. The van der Waals surface area contributed by atoms with Crippen LogP contribution in [0.4, 0.5) is 17.1 Å². The van der Waals surface area contributed by atoms with Gasteiger partial charge in [-0.2, -0.15) is 5.10 Å². The molecule has 0 amide bonds. The number of nitrogens with zero attached hydrogens (tertiary/aromatic N) is 3. The van der Waals surface area contributed by atoms with Crippen molar-refractivity contribution in [2.24, 2.45) is 5.10 Å². The first-order chi connectivity index (χ1) is 11.7. The van der Waals surface area contributed by atoms with Crippen LogP contribution in [-0.4, -0.2) is 72.6 Å². The van der Waals surface area contributed by atoms with E-state index >= 15 is 0 Å². The van der Waals surface area contributed by atoms with Gasteiger partial charge >= 0.3 is 5.69 Å². The average molecular weight is 360 g/mol. The molecule has 0 aliphatic rings. The Morgan fingerprint density at radius 3 is 2.28 bits per heavy atom. The van der Waals surface area contributed by atoms with Crippen molar-refractivity contribution in [3.8, 4) is 0 Å². The fourth-order valence-electron chi connectivity index (χ4n) is 1.72. The van der Waals surface area contributed by atoms with Crippen molar-refractivity contribution in [1.82, 2.24) is 0 Å². The van der Waals surface area contributed by atoms with Gasteiger partial charge in [-0.3, -0.25) is 25.7 Å². The van der Waals surface area contributed by atoms with Gasteiger partial charge < -0.3 is 25.5 Å². The molecule has 0 spiro atoms. The van der Waals surface area contributed by atoms with Gasteiger partial charge in [-0.15, -0.1) is 0 Å². The molecule has 0 radical (unpaired) electrons. The largest absolute Gasteiger partial charge is 0.394 e. The highest BCUT2D eigenvalue weighted by atomic mass is 16.6. The molecule has 0 heterocycles. The van der Waals surface area contributed by atoms with Crippen LogP contribution in [0.2, 0.25) is 0 Å². The molecule has 13 heteroatoms. The number of aliphatic hydroxyl groups excluding tert-OH is 5. The lowest BCUT2D eigenvalue weighted by atomic mass is 10.0. The van der Waals surface area contributed by atoms with Crippen molar-refractivity contribution >= 4 is 22.8 Å². The van der Waals surface area contributed by atoms with Crippen molar-refractivity contribution in [1.29, 1.82) is 0 Å². The highest BCUT2D eigenvalue weighted by Gasteiger charge is 2.28. The third-order valence-electron chi connectivity index (χ3n) is 3.12. The van der Waals surface area contributed by atoms with E-state index in [0.29, 0.717) is 6.07 Å². The predicted molar refractivity (Wildman–Crippen MR) is 83.0 cm³/mol. The zero-order chi connectivity index (χ0) is 19.1. The van der Waals surface area contributed by atoms with Crippen LogP contribution in [0.25, 0.3) is 0 Å². The SMILES string of the molecule is O=[N+]([O-])c1ccc(N/N=C(\CO)[C@H](O)[C@@H](O)[C@@H](O)CO)c([N+](=O)[O-])c1. The quantitative estimate of drug-likeness (QED) is 0.167. The summed E-state index contributed by atoms with van der Waals surface area (Å²) in [6.07, 6.45) is -5.46. The maximum Gasteiger partial charge on any atom is 0.301 e. The summed E-state index contributed by atoms with van der Waals surface area (Å²) < 4.78 is 0. The first-order valence-corrected chi connectivity index (χ1v) is 6.74. The Hall–Kier alpha value is -2.71. The van der Waals surface area contributed by atoms with Crippen LogP contribution in [0.3, 0.4) is 0 Å². The number of hydrogen-bond donors (Lipinski definition) is 6. The van der Waals surface area contributed by atoms with Crippen LogP contribution in [0.15, 0.2) is 23.3 Å². The molecule has 0 fully saturated rings. The molecular formula is C12H16N4O9. The summed E-state index contributed by atoms with van der Waals surface area (Å²) >= 11 is 0. The van der Waals surface area contributed by atoms with Gasteiger partial charge in [-0.1, -0.05) is 0 Å². The highest BCUT2D eigenvalue weighted by molar-refractivity contribution is 5.91. The number of nitro groups is 2. The Balaban J connectivity index is 3.08. The summed E-state index contributed by atoms with van der Waals surface area (Å²) in [6.45, 7) is -1.75.